The Hall–Kier alpha value is -2.46. The summed E-state index contributed by atoms with van der Waals surface area (Å²) in [7, 11) is 0. The van der Waals surface area contributed by atoms with E-state index in [2.05, 4.69) is 29.2 Å². The summed E-state index contributed by atoms with van der Waals surface area (Å²) in [6.45, 7) is 3.50. The van der Waals surface area contributed by atoms with Crippen LogP contribution in [0.15, 0.2) is 60.7 Å². The number of hydrogen-bond donors (Lipinski definition) is 0. The first kappa shape index (κ1) is 17.0. The second kappa shape index (κ2) is 6.69. The standard InChI is InChI=1S/C22H23NO3/c1-2-26-21(25)22-13-18(22)19(20(22)24)23(14-16-9-5-3-6-10-16)15-17-11-7-4-8-12-17/h3-12,18-19H,2,13-15H2,1H3. The number of hydrogen-bond acceptors (Lipinski definition) is 4. The van der Waals surface area contributed by atoms with Crippen LogP contribution in [0, 0.1) is 11.3 Å². The van der Waals surface area contributed by atoms with Crippen molar-refractivity contribution in [3.8, 4) is 0 Å². The minimum Gasteiger partial charge on any atom is -0.465 e. The molecule has 2 aliphatic carbocycles. The summed E-state index contributed by atoms with van der Waals surface area (Å²) in [6.07, 6.45) is 0.634. The Balaban J connectivity index is 1.55. The molecule has 2 aliphatic rings. The largest absolute Gasteiger partial charge is 0.465 e. The minimum atomic E-state index is -0.841. The van der Waals surface area contributed by atoms with Gasteiger partial charge in [0, 0.05) is 19.0 Å². The zero-order chi connectivity index (χ0) is 18.1. The molecule has 2 fully saturated rings. The zero-order valence-electron chi connectivity index (χ0n) is 14.9. The fraction of sp³-hybridized carbons (Fsp3) is 0.364. The van der Waals surface area contributed by atoms with Crippen molar-refractivity contribution in [3.05, 3.63) is 71.8 Å². The van der Waals surface area contributed by atoms with Gasteiger partial charge < -0.3 is 4.74 Å². The Morgan fingerprint density at radius 3 is 2.04 bits per heavy atom. The average Bonchev–Trinajstić information content (AvgIpc) is 3.33. The van der Waals surface area contributed by atoms with E-state index in [0.29, 0.717) is 26.1 Å². The van der Waals surface area contributed by atoms with Crippen LogP contribution in [0.5, 0.6) is 0 Å². The first-order chi connectivity index (χ1) is 12.7. The van der Waals surface area contributed by atoms with Crippen LogP contribution >= 0.6 is 0 Å². The predicted octanol–water partition coefficient (Wildman–Crippen LogP) is 3.21. The highest BCUT2D eigenvalue weighted by atomic mass is 16.5. The molecule has 2 saturated carbocycles. The highest BCUT2D eigenvalue weighted by Crippen LogP contribution is 2.67. The monoisotopic (exact) mass is 349 g/mol. The second-order valence-corrected chi connectivity index (χ2v) is 7.19. The van der Waals surface area contributed by atoms with Gasteiger partial charge in [0.25, 0.3) is 0 Å². The molecule has 26 heavy (non-hydrogen) atoms. The maximum absolute atomic E-state index is 12.9. The van der Waals surface area contributed by atoms with Crippen molar-refractivity contribution in [2.45, 2.75) is 32.5 Å². The van der Waals surface area contributed by atoms with E-state index >= 15 is 0 Å². The summed E-state index contributed by atoms with van der Waals surface area (Å²) in [6, 6.07) is 20.1. The quantitative estimate of drug-likeness (QED) is 0.569. The minimum absolute atomic E-state index is 0.0350. The van der Waals surface area contributed by atoms with Crippen molar-refractivity contribution in [1.82, 2.24) is 4.90 Å². The normalized spacial score (nSPS) is 26.2. The van der Waals surface area contributed by atoms with Crippen LogP contribution in [0.3, 0.4) is 0 Å². The lowest BCUT2D eigenvalue weighted by Crippen LogP contribution is -2.57. The van der Waals surface area contributed by atoms with E-state index in [1.807, 2.05) is 36.4 Å². The van der Waals surface area contributed by atoms with E-state index < -0.39 is 5.41 Å². The molecule has 0 N–H and O–H groups in total. The lowest BCUT2D eigenvalue weighted by Gasteiger charge is -2.39. The molecule has 0 aliphatic heterocycles. The molecule has 0 saturated heterocycles. The summed E-state index contributed by atoms with van der Waals surface area (Å²) in [4.78, 5) is 27.4. The van der Waals surface area contributed by atoms with Gasteiger partial charge in [-0.05, 0) is 24.5 Å². The van der Waals surface area contributed by atoms with Gasteiger partial charge in [-0.25, -0.2) is 0 Å². The Kier molecular flexibility index (Phi) is 4.37. The molecule has 2 aromatic rings. The Morgan fingerprint density at radius 2 is 1.58 bits per heavy atom. The number of fused-ring (bicyclic) bond motifs is 1. The molecule has 4 heteroatoms. The molecule has 3 unspecified atom stereocenters. The third kappa shape index (κ3) is 2.74. The van der Waals surface area contributed by atoms with Crippen molar-refractivity contribution in [3.63, 3.8) is 0 Å². The lowest BCUT2D eigenvalue weighted by atomic mass is 9.77. The molecule has 0 spiro atoms. The number of ketones is 1. The van der Waals surface area contributed by atoms with Gasteiger partial charge in [-0.3, -0.25) is 14.5 Å². The summed E-state index contributed by atoms with van der Waals surface area (Å²) in [5.41, 5.74) is 1.50. The first-order valence-corrected chi connectivity index (χ1v) is 9.20. The highest BCUT2D eigenvalue weighted by Gasteiger charge is 2.80. The predicted molar refractivity (Wildman–Crippen MR) is 98.1 cm³/mol. The summed E-state index contributed by atoms with van der Waals surface area (Å²) < 4.78 is 5.15. The van der Waals surface area contributed by atoms with Gasteiger partial charge in [0.2, 0.25) is 0 Å². The SMILES string of the molecule is CCOC(=O)C12CC1C(N(Cc1ccccc1)Cc1ccccc1)C2=O. The molecule has 2 aromatic carbocycles. The molecule has 4 nitrogen and oxygen atoms in total. The molecule has 0 radical (unpaired) electrons. The summed E-state index contributed by atoms with van der Waals surface area (Å²) in [5.74, 6) is -0.195. The summed E-state index contributed by atoms with van der Waals surface area (Å²) >= 11 is 0. The number of ether oxygens (including phenoxy) is 1. The number of Topliss-reactive ketones (excluding diaryl/α,β-unsaturated/α-hetero) is 1. The summed E-state index contributed by atoms with van der Waals surface area (Å²) in [5, 5.41) is 0. The fourth-order valence-electron chi connectivity index (χ4n) is 4.21. The molecular weight excluding hydrogens is 326 g/mol. The van der Waals surface area contributed by atoms with Gasteiger partial charge in [-0.2, -0.15) is 0 Å². The smallest absolute Gasteiger partial charge is 0.320 e. The van der Waals surface area contributed by atoms with Crippen LogP contribution in [-0.2, 0) is 27.4 Å². The van der Waals surface area contributed by atoms with E-state index in [0.717, 1.165) is 0 Å². The Labute approximate surface area is 153 Å². The molecule has 134 valence electrons. The average molecular weight is 349 g/mol. The number of carbonyl (C=O) groups is 2. The van der Waals surface area contributed by atoms with Crippen molar-refractivity contribution in [1.29, 1.82) is 0 Å². The van der Waals surface area contributed by atoms with Crippen LogP contribution in [-0.4, -0.2) is 29.3 Å². The molecule has 0 aromatic heterocycles. The van der Waals surface area contributed by atoms with Crippen LogP contribution in [0.2, 0.25) is 0 Å². The lowest BCUT2D eigenvalue weighted by molar-refractivity contribution is -0.162. The van der Waals surface area contributed by atoms with Gasteiger partial charge in [-0.1, -0.05) is 60.7 Å². The van der Waals surface area contributed by atoms with Crippen LogP contribution < -0.4 is 0 Å². The molecule has 3 atom stereocenters. The Morgan fingerprint density at radius 1 is 1.04 bits per heavy atom. The van der Waals surface area contributed by atoms with Crippen LogP contribution in [0.1, 0.15) is 24.5 Å². The number of benzene rings is 2. The van der Waals surface area contributed by atoms with Gasteiger partial charge in [0.05, 0.1) is 12.6 Å². The maximum atomic E-state index is 12.9. The van der Waals surface area contributed by atoms with Crippen molar-refractivity contribution in [2.75, 3.05) is 6.61 Å². The van der Waals surface area contributed by atoms with Crippen molar-refractivity contribution < 1.29 is 14.3 Å². The second-order valence-electron chi connectivity index (χ2n) is 7.19. The van der Waals surface area contributed by atoms with E-state index in [-0.39, 0.29) is 23.7 Å². The third-order valence-electron chi connectivity index (χ3n) is 5.59. The fourth-order valence-corrected chi connectivity index (χ4v) is 4.21. The molecule has 0 bridgehead atoms. The van der Waals surface area contributed by atoms with Gasteiger partial charge in [0.1, 0.15) is 5.41 Å². The van der Waals surface area contributed by atoms with Crippen LogP contribution in [0.4, 0.5) is 0 Å². The van der Waals surface area contributed by atoms with E-state index in [1.54, 1.807) is 6.92 Å². The number of esters is 1. The number of carbonyl (C=O) groups excluding carboxylic acids is 2. The molecular formula is C22H23NO3. The van der Waals surface area contributed by atoms with Gasteiger partial charge >= 0.3 is 5.97 Å². The van der Waals surface area contributed by atoms with E-state index in [4.69, 9.17) is 4.74 Å². The Bertz CT molecular complexity index is 763. The zero-order valence-corrected chi connectivity index (χ0v) is 14.9. The molecule has 4 rings (SSSR count). The third-order valence-corrected chi connectivity index (χ3v) is 5.59. The maximum Gasteiger partial charge on any atom is 0.320 e. The highest BCUT2D eigenvalue weighted by molar-refractivity contribution is 6.16. The molecule has 0 heterocycles. The van der Waals surface area contributed by atoms with Crippen molar-refractivity contribution >= 4 is 11.8 Å². The number of nitrogens with zero attached hydrogens (tertiary/aromatic N) is 1. The van der Waals surface area contributed by atoms with Gasteiger partial charge in [0.15, 0.2) is 5.78 Å². The van der Waals surface area contributed by atoms with E-state index in [1.165, 1.54) is 11.1 Å². The van der Waals surface area contributed by atoms with Gasteiger partial charge in [-0.15, -0.1) is 0 Å². The number of rotatable bonds is 7. The first-order valence-electron chi connectivity index (χ1n) is 9.20. The molecule has 0 amide bonds. The topological polar surface area (TPSA) is 46.6 Å². The van der Waals surface area contributed by atoms with Crippen molar-refractivity contribution in [2.24, 2.45) is 11.3 Å². The van der Waals surface area contributed by atoms with Crippen LogP contribution in [0.25, 0.3) is 0 Å². The van der Waals surface area contributed by atoms with E-state index in [9.17, 15) is 9.59 Å².